The van der Waals surface area contributed by atoms with Gasteiger partial charge in [-0.05, 0) is 31.2 Å². The topological polar surface area (TPSA) is 96.2 Å². The first-order chi connectivity index (χ1) is 14.4. The highest BCUT2D eigenvalue weighted by Gasteiger charge is 2.32. The Balaban J connectivity index is 1.98. The van der Waals surface area contributed by atoms with Crippen molar-refractivity contribution in [2.75, 3.05) is 0 Å². The molecule has 0 aliphatic carbocycles. The van der Waals surface area contributed by atoms with Crippen molar-refractivity contribution in [1.82, 2.24) is 19.7 Å². The van der Waals surface area contributed by atoms with Crippen molar-refractivity contribution in [1.29, 1.82) is 0 Å². The first-order valence-electron chi connectivity index (χ1n) is 9.49. The van der Waals surface area contributed by atoms with Crippen molar-refractivity contribution in [3.05, 3.63) is 60.3 Å². The number of carbonyl (C=O) groups excluding carboxylic acids is 2. The number of nitrogens with zero attached hydrogens (tertiary/aromatic N) is 4. The van der Waals surface area contributed by atoms with Crippen LogP contribution in [-0.4, -0.2) is 37.8 Å². The van der Waals surface area contributed by atoms with Crippen molar-refractivity contribution in [2.45, 2.75) is 33.0 Å². The molecule has 30 heavy (non-hydrogen) atoms. The Kier molecular flexibility index (Phi) is 5.14. The summed E-state index contributed by atoms with van der Waals surface area (Å²) in [6, 6.07) is 16.9. The van der Waals surface area contributed by atoms with Crippen molar-refractivity contribution >= 4 is 34.1 Å². The van der Waals surface area contributed by atoms with Crippen LogP contribution >= 0.6 is 0 Å². The van der Waals surface area contributed by atoms with E-state index in [2.05, 4.69) is 5.10 Å². The van der Waals surface area contributed by atoms with Crippen LogP contribution in [0.2, 0.25) is 0 Å². The van der Waals surface area contributed by atoms with E-state index in [-0.39, 0.29) is 0 Å². The van der Waals surface area contributed by atoms with E-state index < -0.39 is 24.1 Å². The monoisotopic (exact) mass is 404 g/mol. The lowest BCUT2D eigenvalue weighted by Crippen LogP contribution is -2.26. The number of aromatic nitrogens is 4. The van der Waals surface area contributed by atoms with E-state index in [9.17, 15) is 9.59 Å². The summed E-state index contributed by atoms with van der Waals surface area (Å²) in [5, 5.41) is 4.69. The van der Waals surface area contributed by atoms with Gasteiger partial charge in [-0.15, -0.1) is 0 Å². The zero-order valence-corrected chi connectivity index (χ0v) is 16.8. The van der Waals surface area contributed by atoms with Gasteiger partial charge in [-0.25, -0.2) is 14.6 Å². The van der Waals surface area contributed by atoms with E-state index >= 15 is 0 Å². The van der Waals surface area contributed by atoms with Crippen LogP contribution < -0.4 is 0 Å². The lowest BCUT2D eigenvalue weighted by atomic mass is 10.1. The lowest BCUT2D eigenvalue weighted by molar-refractivity contribution is -0.164. The Morgan fingerprint density at radius 2 is 1.47 bits per heavy atom. The normalized spacial score (nSPS) is 13.2. The molecule has 4 rings (SSSR count). The highest BCUT2D eigenvalue weighted by Crippen LogP contribution is 2.31. The maximum Gasteiger partial charge on any atom is 0.303 e. The van der Waals surface area contributed by atoms with Crippen LogP contribution in [0.15, 0.2) is 54.6 Å². The molecule has 0 radical (unpaired) electrons. The average molecular weight is 404 g/mol. The van der Waals surface area contributed by atoms with E-state index in [0.29, 0.717) is 27.9 Å². The summed E-state index contributed by atoms with van der Waals surface area (Å²) in [5.74, 6) is -1.00. The molecule has 152 valence electrons. The molecule has 2 atom stereocenters. The SMILES string of the molecule is CC(=O)OC(C)C(OC(C)=O)c1nn(-c2ccccc2)c2nc3ccccc3nc12. The molecule has 0 aliphatic heterocycles. The number of ether oxygens (including phenoxy) is 2. The molecule has 2 unspecified atom stereocenters. The molecule has 2 aromatic heterocycles. The second-order valence-electron chi connectivity index (χ2n) is 6.86. The molecule has 8 nitrogen and oxygen atoms in total. The van der Waals surface area contributed by atoms with Crippen LogP contribution in [-0.2, 0) is 19.1 Å². The van der Waals surface area contributed by atoms with Crippen molar-refractivity contribution in [3.8, 4) is 5.69 Å². The fourth-order valence-electron chi connectivity index (χ4n) is 3.33. The second-order valence-corrected chi connectivity index (χ2v) is 6.86. The van der Waals surface area contributed by atoms with Gasteiger partial charge in [0.2, 0.25) is 0 Å². The molecular weight excluding hydrogens is 384 g/mol. The minimum absolute atomic E-state index is 0.371. The van der Waals surface area contributed by atoms with Crippen LogP contribution in [0.1, 0.15) is 32.6 Å². The molecule has 0 N–H and O–H groups in total. The smallest absolute Gasteiger partial charge is 0.303 e. The number of hydrogen-bond acceptors (Lipinski definition) is 7. The maximum atomic E-state index is 11.8. The van der Waals surface area contributed by atoms with Gasteiger partial charge < -0.3 is 9.47 Å². The summed E-state index contributed by atoms with van der Waals surface area (Å²) in [7, 11) is 0. The second kappa shape index (κ2) is 7.90. The predicted molar refractivity (Wildman–Crippen MR) is 110 cm³/mol. The average Bonchev–Trinajstić information content (AvgIpc) is 3.08. The van der Waals surface area contributed by atoms with Crippen LogP contribution in [0.4, 0.5) is 0 Å². The third-order valence-corrected chi connectivity index (χ3v) is 4.54. The largest absolute Gasteiger partial charge is 0.458 e. The molecule has 0 fully saturated rings. The molecule has 0 amide bonds. The number of benzene rings is 2. The first-order valence-corrected chi connectivity index (χ1v) is 9.49. The van der Waals surface area contributed by atoms with E-state index in [1.807, 2.05) is 54.6 Å². The molecule has 0 spiro atoms. The molecule has 0 saturated heterocycles. The Labute approximate surface area is 172 Å². The minimum Gasteiger partial charge on any atom is -0.458 e. The zero-order chi connectivity index (χ0) is 21.3. The number of carbonyl (C=O) groups is 2. The van der Waals surface area contributed by atoms with Crippen LogP contribution in [0.5, 0.6) is 0 Å². The van der Waals surface area contributed by atoms with Gasteiger partial charge in [0, 0.05) is 13.8 Å². The summed E-state index contributed by atoms with van der Waals surface area (Å²) < 4.78 is 12.5. The zero-order valence-electron chi connectivity index (χ0n) is 16.8. The van der Waals surface area contributed by atoms with E-state index in [1.54, 1.807) is 11.6 Å². The van der Waals surface area contributed by atoms with E-state index in [4.69, 9.17) is 19.4 Å². The van der Waals surface area contributed by atoms with Crippen molar-refractivity contribution < 1.29 is 19.1 Å². The van der Waals surface area contributed by atoms with Gasteiger partial charge in [0.15, 0.2) is 11.8 Å². The third-order valence-electron chi connectivity index (χ3n) is 4.54. The summed E-state index contributed by atoms with van der Waals surface area (Å²) in [6.45, 7) is 4.25. The molecular formula is C22H20N4O4. The fourth-order valence-corrected chi connectivity index (χ4v) is 3.33. The maximum absolute atomic E-state index is 11.8. The Morgan fingerprint density at radius 3 is 2.10 bits per heavy atom. The molecule has 0 bridgehead atoms. The van der Waals surface area contributed by atoms with Crippen LogP contribution in [0.25, 0.3) is 27.9 Å². The highest BCUT2D eigenvalue weighted by atomic mass is 16.6. The van der Waals surface area contributed by atoms with Gasteiger partial charge in [-0.3, -0.25) is 9.59 Å². The Hall–Kier alpha value is -3.81. The van der Waals surface area contributed by atoms with E-state index in [0.717, 1.165) is 5.69 Å². The van der Waals surface area contributed by atoms with E-state index in [1.165, 1.54) is 13.8 Å². The summed E-state index contributed by atoms with van der Waals surface area (Å²) in [5.41, 5.74) is 3.53. The number of esters is 2. The van der Waals surface area contributed by atoms with Crippen molar-refractivity contribution in [3.63, 3.8) is 0 Å². The molecule has 0 saturated carbocycles. The standard InChI is InChI=1S/C22H20N4O4/c1-13(29-14(2)27)21(30-15(3)28)19-20-22(24-18-12-8-7-11-17(18)23-20)26(25-19)16-9-5-4-6-10-16/h4-13,21H,1-3H3. The van der Waals surface area contributed by atoms with Crippen LogP contribution in [0, 0.1) is 0 Å². The van der Waals surface area contributed by atoms with Gasteiger partial charge in [-0.2, -0.15) is 5.10 Å². The van der Waals surface area contributed by atoms with Gasteiger partial charge in [0.25, 0.3) is 0 Å². The van der Waals surface area contributed by atoms with Crippen LogP contribution in [0.3, 0.4) is 0 Å². The molecule has 4 aromatic rings. The Morgan fingerprint density at radius 1 is 0.867 bits per heavy atom. The van der Waals surface area contributed by atoms with Gasteiger partial charge in [0.1, 0.15) is 17.3 Å². The lowest BCUT2D eigenvalue weighted by Gasteiger charge is -2.21. The number of rotatable bonds is 5. The fraction of sp³-hybridized carbons (Fsp3) is 0.227. The number of hydrogen-bond donors (Lipinski definition) is 0. The minimum atomic E-state index is -0.936. The summed E-state index contributed by atoms with van der Waals surface area (Å²) in [6.07, 6.45) is -1.70. The molecule has 0 aliphatic rings. The quantitative estimate of drug-likeness (QED) is 0.470. The Bertz CT molecular complexity index is 1240. The van der Waals surface area contributed by atoms with Gasteiger partial charge >= 0.3 is 11.9 Å². The summed E-state index contributed by atoms with van der Waals surface area (Å²) in [4.78, 5) is 32.8. The number of para-hydroxylation sites is 3. The summed E-state index contributed by atoms with van der Waals surface area (Å²) >= 11 is 0. The third kappa shape index (κ3) is 3.71. The van der Waals surface area contributed by atoms with Gasteiger partial charge in [-0.1, -0.05) is 30.3 Å². The first kappa shape index (κ1) is 19.5. The molecule has 8 heteroatoms. The van der Waals surface area contributed by atoms with Gasteiger partial charge in [0.05, 0.1) is 16.7 Å². The number of fused-ring (bicyclic) bond motifs is 2. The predicted octanol–water partition coefficient (Wildman–Crippen LogP) is 3.52. The molecule has 2 aromatic carbocycles. The highest BCUT2D eigenvalue weighted by molar-refractivity contribution is 5.87. The molecule has 2 heterocycles. The van der Waals surface area contributed by atoms with Crippen molar-refractivity contribution in [2.24, 2.45) is 0 Å².